The molecule has 0 amide bonds. The summed E-state index contributed by atoms with van der Waals surface area (Å²) in [6, 6.07) is 0. The van der Waals surface area contributed by atoms with Gasteiger partial charge in [0.1, 0.15) is 6.61 Å². The van der Waals surface area contributed by atoms with Gasteiger partial charge in [0.25, 0.3) is 0 Å². The third-order valence-electron chi connectivity index (χ3n) is 5.59. The van der Waals surface area contributed by atoms with Crippen molar-refractivity contribution in [2.75, 3.05) is 6.61 Å². The number of aliphatic hydroxyl groups is 2. The standard InChI is InChI=1S/C17H28O4/c1-11(2)17(20)14-6-5-13(10-21-12(3)18)7-8-16(14,4)9-15(17)19/h7,11,14-15,19-20H,5-6,8-10H2,1-4H3/t14-,15+,16+,17-/m1/s1. The highest BCUT2D eigenvalue weighted by atomic mass is 16.5. The van der Waals surface area contributed by atoms with E-state index in [2.05, 4.69) is 13.0 Å². The van der Waals surface area contributed by atoms with Crippen molar-refractivity contribution in [2.24, 2.45) is 17.3 Å². The molecule has 2 N–H and O–H groups in total. The van der Waals surface area contributed by atoms with Crippen molar-refractivity contribution in [1.29, 1.82) is 0 Å². The third-order valence-corrected chi connectivity index (χ3v) is 5.59. The maximum atomic E-state index is 11.1. The first-order chi connectivity index (χ1) is 9.70. The summed E-state index contributed by atoms with van der Waals surface area (Å²) in [5.74, 6) is -0.166. The Morgan fingerprint density at radius 2 is 2.19 bits per heavy atom. The maximum Gasteiger partial charge on any atom is 0.302 e. The number of fused-ring (bicyclic) bond motifs is 1. The lowest BCUT2D eigenvalue weighted by atomic mass is 9.69. The molecule has 4 atom stereocenters. The predicted molar refractivity (Wildman–Crippen MR) is 80.6 cm³/mol. The Kier molecular flexibility index (Phi) is 4.50. The van der Waals surface area contributed by atoms with E-state index in [4.69, 9.17) is 4.74 Å². The number of carbonyl (C=O) groups is 1. The van der Waals surface area contributed by atoms with E-state index in [-0.39, 0.29) is 23.2 Å². The lowest BCUT2D eigenvalue weighted by Crippen LogP contribution is -2.49. The van der Waals surface area contributed by atoms with Gasteiger partial charge in [0.05, 0.1) is 11.7 Å². The fourth-order valence-corrected chi connectivity index (χ4v) is 4.27. The Labute approximate surface area is 127 Å². The number of carbonyl (C=O) groups excluding carboxylic acids is 1. The molecule has 0 bridgehead atoms. The Balaban J connectivity index is 2.18. The van der Waals surface area contributed by atoms with Crippen LogP contribution in [0.25, 0.3) is 0 Å². The Hall–Kier alpha value is -0.870. The molecule has 0 radical (unpaired) electrons. The van der Waals surface area contributed by atoms with Crippen molar-refractivity contribution in [2.45, 2.75) is 65.1 Å². The molecule has 2 rings (SSSR count). The second-order valence-corrected chi connectivity index (χ2v) is 7.35. The highest BCUT2D eigenvalue weighted by Gasteiger charge is 2.60. The first-order valence-electron chi connectivity index (χ1n) is 7.92. The molecule has 4 nitrogen and oxygen atoms in total. The normalized spacial score (nSPS) is 39.7. The van der Waals surface area contributed by atoms with Gasteiger partial charge >= 0.3 is 5.97 Å². The number of hydrogen-bond acceptors (Lipinski definition) is 4. The van der Waals surface area contributed by atoms with Crippen molar-refractivity contribution in [3.63, 3.8) is 0 Å². The van der Waals surface area contributed by atoms with Crippen molar-refractivity contribution >= 4 is 5.97 Å². The van der Waals surface area contributed by atoms with Crippen LogP contribution in [0.15, 0.2) is 11.6 Å². The summed E-state index contributed by atoms with van der Waals surface area (Å²) in [5, 5.41) is 21.5. The summed E-state index contributed by atoms with van der Waals surface area (Å²) >= 11 is 0. The number of hydrogen-bond donors (Lipinski definition) is 2. The first-order valence-corrected chi connectivity index (χ1v) is 7.92. The van der Waals surface area contributed by atoms with E-state index >= 15 is 0 Å². The van der Waals surface area contributed by atoms with Crippen LogP contribution in [0, 0.1) is 17.3 Å². The zero-order valence-corrected chi connectivity index (χ0v) is 13.6. The van der Waals surface area contributed by atoms with Gasteiger partial charge in [-0.3, -0.25) is 4.79 Å². The van der Waals surface area contributed by atoms with E-state index < -0.39 is 11.7 Å². The molecule has 0 aliphatic heterocycles. The number of esters is 1. The highest BCUT2D eigenvalue weighted by molar-refractivity contribution is 5.66. The topological polar surface area (TPSA) is 66.8 Å². The second-order valence-electron chi connectivity index (χ2n) is 7.35. The molecule has 0 unspecified atom stereocenters. The molecule has 4 heteroatoms. The zero-order valence-electron chi connectivity index (χ0n) is 13.6. The van der Waals surface area contributed by atoms with Gasteiger partial charge < -0.3 is 14.9 Å². The van der Waals surface area contributed by atoms with Crippen LogP contribution < -0.4 is 0 Å². The molecular weight excluding hydrogens is 268 g/mol. The van der Waals surface area contributed by atoms with Crippen LogP contribution in [0.4, 0.5) is 0 Å². The van der Waals surface area contributed by atoms with Gasteiger partial charge in [-0.05, 0) is 48.5 Å². The van der Waals surface area contributed by atoms with Crippen LogP contribution in [-0.2, 0) is 9.53 Å². The molecule has 1 fully saturated rings. The molecule has 0 heterocycles. The van der Waals surface area contributed by atoms with Crippen LogP contribution in [0.2, 0.25) is 0 Å². The number of rotatable bonds is 3. The molecule has 0 aromatic heterocycles. The maximum absolute atomic E-state index is 11.1. The number of allylic oxidation sites excluding steroid dienone is 1. The average Bonchev–Trinajstić information content (AvgIpc) is 2.50. The van der Waals surface area contributed by atoms with E-state index in [9.17, 15) is 15.0 Å². The lowest BCUT2D eigenvalue weighted by Gasteiger charge is -2.40. The monoisotopic (exact) mass is 296 g/mol. The van der Waals surface area contributed by atoms with E-state index in [0.29, 0.717) is 13.0 Å². The minimum absolute atomic E-state index is 0.0225. The van der Waals surface area contributed by atoms with Crippen LogP contribution in [-0.4, -0.2) is 34.5 Å². The van der Waals surface area contributed by atoms with E-state index in [1.807, 2.05) is 13.8 Å². The Morgan fingerprint density at radius 1 is 1.52 bits per heavy atom. The molecule has 0 aromatic carbocycles. The Morgan fingerprint density at radius 3 is 2.76 bits per heavy atom. The molecule has 21 heavy (non-hydrogen) atoms. The molecule has 2 aliphatic carbocycles. The van der Waals surface area contributed by atoms with E-state index in [0.717, 1.165) is 24.8 Å². The molecule has 2 aliphatic rings. The van der Waals surface area contributed by atoms with E-state index in [1.165, 1.54) is 6.92 Å². The fourth-order valence-electron chi connectivity index (χ4n) is 4.27. The smallest absolute Gasteiger partial charge is 0.302 e. The fraction of sp³-hybridized carbons (Fsp3) is 0.824. The minimum atomic E-state index is -1.01. The van der Waals surface area contributed by atoms with Gasteiger partial charge in [-0.25, -0.2) is 0 Å². The first kappa shape index (κ1) is 16.5. The van der Waals surface area contributed by atoms with Crippen LogP contribution in [0.5, 0.6) is 0 Å². The van der Waals surface area contributed by atoms with E-state index in [1.54, 1.807) is 0 Å². The highest BCUT2D eigenvalue weighted by Crippen LogP contribution is 2.57. The van der Waals surface area contributed by atoms with Gasteiger partial charge in [0, 0.05) is 6.92 Å². The van der Waals surface area contributed by atoms with Crippen molar-refractivity contribution < 1.29 is 19.7 Å². The van der Waals surface area contributed by atoms with Crippen LogP contribution in [0.1, 0.15) is 53.4 Å². The third kappa shape index (κ3) is 2.88. The van der Waals surface area contributed by atoms with Crippen molar-refractivity contribution in [3.8, 4) is 0 Å². The zero-order chi connectivity index (χ0) is 15.8. The summed E-state index contributed by atoms with van der Waals surface area (Å²) in [5.41, 5.74) is 0.0250. The van der Waals surface area contributed by atoms with Gasteiger partial charge in [0.15, 0.2) is 0 Å². The molecule has 0 saturated heterocycles. The van der Waals surface area contributed by atoms with Crippen molar-refractivity contribution in [1.82, 2.24) is 0 Å². The van der Waals surface area contributed by atoms with Crippen LogP contribution in [0.3, 0.4) is 0 Å². The summed E-state index contributed by atoms with van der Waals surface area (Å²) in [4.78, 5) is 10.9. The number of aliphatic hydroxyl groups excluding tert-OH is 1. The molecular formula is C17H28O4. The summed E-state index contributed by atoms with van der Waals surface area (Å²) < 4.78 is 5.09. The van der Waals surface area contributed by atoms with Gasteiger partial charge in [-0.2, -0.15) is 0 Å². The second kappa shape index (κ2) is 5.73. The Bertz CT molecular complexity index is 442. The molecule has 0 spiro atoms. The summed E-state index contributed by atoms with van der Waals surface area (Å²) in [7, 11) is 0. The van der Waals surface area contributed by atoms with Gasteiger partial charge in [-0.15, -0.1) is 0 Å². The predicted octanol–water partition coefficient (Wildman–Crippen LogP) is 2.43. The molecule has 1 saturated carbocycles. The molecule has 120 valence electrons. The minimum Gasteiger partial charge on any atom is -0.461 e. The molecule has 0 aromatic rings. The number of ether oxygens (including phenoxy) is 1. The van der Waals surface area contributed by atoms with Crippen LogP contribution >= 0.6 is 0 Å². The lowest BCUT2D eigenvalue weighted by molar-refractivity contribution is -0.140. The summed E-state index contributed by atoms with van der Waals surface area (Å²) in [6.07, 6.45) is 4.58. The van der Waals surface area contributed by atoms with Crippen molar-refractivity contribution in [3.05, 3.63) is 11.6 Å². The van der Waals surface area contributed by atoms with Gasteiger partial charge in [-0.1, -0.05) is 26.8 Å². The van der Waals surface area contributed by atoms with Gasteiger partial charge in [0.2, 0.25) is 0 Å². The largest absolute Gasteiger partial charge is 0.461 e. The summed E-state index contributed by atoms with van der Waals surface area (Å²) in [6.45, 7) is 7.88. The average molecular weight is 296 g/mol. The quantitative estimate of drug-likeness (QED) is 0.620. The SMILES string of the molecule is CC(=O)OCC1=CC[C@@]2(C)C[C@H](O)[C@@](O)(C(C)C)[C@@H]2CC1.